The van der Waals surface area contributed by atoms with Crippen LogP contribution in [0.3, 0.4) is 0 Å². The summed E-state index contributed by atoms with van der Waals surface area (Å²) in [5.41, 5.74) is 7.83. The fourth-order valence-corrected chi connectivity index (χ4v) is 6.23. The van der Waals surface area contributed by atoms with E-state index in [0.717, 1.165) is 25.8 Å². The lowest BCUT2D eigenvalue weighted by Crippen LogP contribution is -2.49. The van der Waals surface area contributed by atoms with Crippen molar-refractivity contribution in [2.24, 2.45) is 5.92 Å². The molecule has 1 saturated carbocycles. The van der Waals surface area contributed by atoms with Crippen LogP contribution in [-0.2, 0) is 16.6 Å². The molecule has 0 spiro atoms. The number of fused-ring (bicyclic) bond motifs is 2. The second-order valence-corrected chi connectivity index (χ2v) is 9.95. The first-order chi connectivity index (χ1) is 15.0. The zero-order chi connectivity index (χ0) is 21.6. The Morgan fingerprint density at radius 2 is 2.19 bits per heavy atom. The number of aromatic nitrogens is 2. The van der Waals surface area contributed by atoms with Crippen molar-refractivity contribution >= 4 is 27.5 Å². The Labute approximate surface area is 180 Å². The van der Waals surface area contributed by atoms with Gasteiger partial charge in [-0.1, -0.05) is 6.07 Å². The highest BCUT2D eigenvalue weighted by molar-refractivity contribution is 7.89. The molecule has 3 unspecified atom stereocenters. The number of rotatable bonds is 5. The molecule has 1 aliphatic carbocycles. The molecular weight excluding hydrogens is 421 g/mol. The van der Waals surface area contributed by atoms with Gasteiger partial charge in [0.15, 0.2) is 11.6 Å². The van der Waals surface area contributed by atoms with Gasteiger partial charge >= 0.3 is 0 Å². The minimum absolute atomic E-state index is 0.180. The van der Waals surface area contributed by atoms with Crippen molar-refractivity contribution < 1.29 is 12.8 Å². The summed E-state index contributed by atoms with van der Waals surface area (Å²) in [4.78, 5) is 10.8. The molecule has 1 aromatic heterocycles. The fraction of sp³-hybridized carbons (Fsp3) is 0.500. The van der Waals surface area contributed by atoms with E-state index in [-0.39, 0.29) is 29.2 Å². The molecule has 3 aliphatic rings. The van der Waals surface area contributed by atoms with Gasteiger partial charge in [-0.25, -0.2) is 22.5 Å². The van der Waals surface area contributed by atoms with E-state index in [4.69, 9.17) is 0 Å². The molecule has 0 amide bonds. The average Bonchev–Trinajstić information content (AvgIpc) is 3.36. The van der Waals surface area contributed by atoms with Crippen molar-refractivity contribution in [1.82, 2.24) is 25.5 Å². The molecule has 0 radical (unpaired) electrons. The third-order valence-electron chi connectivity index (χ3n) is 6.46. The highest BCUT2D eigenvalue weighted by Crippen LogP contribution is 2.34. The Morgan fingerprint density at radius 1 is 1.32 bits per heavy atom. The molecule has 166 valence electrons. The normalized spacial score (nSPS) is 26.3. The first-order valence-electron chi connectivity index (χ1n) is 10.6. The standard InChI is InChI=1S/C20H26FN7O2S/c1-2-28(17-5-3-4-16-14(17)10-23-27-16)19-15(21)11-22-20(26-19)25-13-7-6-12-9-24-31(29,30)18(12)8-13/h6-8,11,14,16-17,23-24,27H,2-5,9-10H2,1H3,(H,22,25,26). The van der Waals surface area contributed by atoms with Crippen molar-refractivity contribution in [2.75, 3.05) is 23.3 Å². The van der Waals surface area contributed by atoms with Crippen LogP contribution < -0.4 is 25.8 Å². The third-order valence-corrected chi connectivity index (χ3v) is 7.94. The van der Waals surface area contributed by atoms with E-state index in [1.807, 2.05) is 11.8 Å². The molecule has 4 N–H and O–H groups in total. The number of halogens is 1. The van der Waals surface area contributed by atoms with Crippen molar-refractivity contribution in [2.45, 2.75) is 49.7 Å². The second kappa shape index (κ2) is 7.97. The molecule has 1 aromatic carbocycles. The van der Waals surface area contributed by atoms with Crippen LogP contribution in [-0.4, -0.2) is 43.6 Å². The Bertz CT molecular complexity index is 1100. The van der Waals surface area contributed by atoms with Crippen LogP contribution in [0.4, 0.5) is 21.8 Å². The van der Waals surface area contributed by atoms with Gasteiger partial charge in [-0.05, 0) is 43.9 Å². The molecule has 5 rings (SSSR count). The zero-order valence-electron chi connectivity index (χ0n) is 17.2. The first kappa shape index (κ1) is 20.6. The van der Waals surface area contributed by atoms with Crippen molar-refractivity contribution in [3.05, 3.63) is 35.8 Å². The number of hydrazine groups is 1. The van der Waals surface area contributed by atoms with E-state index in [0.29, 0.717) is 29.8 Å². The molecule has 1 saturated heterocycles. The quantitative estimate of drug-likeness (QED) is 0.547. The maximum Gasteiger partial charge on any atom is 0.241 e. The van der Waals surface area contributed by atoms with Crippen LogP contribution in [0, 0.1) is 11.7 Å². The predicted molar refractivity (Wildman–Crippen MR) is 115 cm³/mol. The first-order valence-corrected chi connectivity index (χ1v) is 12.1. The summed E-state index contributed by atoms with van der Waals surface area (Å²) in [5, 5.41) is 3.03. The van der Waals surface area contributed by atoms with Gasteiger partial charge in [0.25, 0.3) is 0 Å². The van der Waals surface area contributed by atoms with Crippen LogP contribution >= 0.6 is 0 Å². The summed E-state index contributed by atoms with van der Waals surface area (Å²) in [6.45, 7) is 3.77. The lowest BCUT2D eigenvalue weighted by molar-refractivity contribution is 0.278. The number of hydrogen-bond acceptors (Lipinski definition) is 8. The van der Waals surface area contributed by atoms with Gasteiger partial charge in [0, 0.05) is 43.3 Å². The van der Waals surface area contributed by atoms with Gasteiger partial charge < -0.3 is 10.2 Å². The minimum Gasteiger partial charge on any atom is -0.351 e. The molecule has 3 atom stereocenters. The maximum atomic E-state index is 14.8. The van der Waals surface area contributed by atoms with E-state index in [1.54, 1.807) is 18.2 Å². The number of anilines is 3. The molecule has 0 bridgehead atoms. The van der Waals surface area contributed by atoms with Crippen molar-refractivity contribution in [3.8, 4) is 0 Å². The van der Waals surface area contributed by atoms with E-state index in [2.05, 4.69) is 30.9 Å². The van der Waals surface area contributed by atoms with Gasteiger partial charge in [-0.2, -0.15) is 4.98 Å². The molecule has 2 fully saturated rings. The summed E-state index contributed by atoms with van der Waals surface area (Å²) >= 11 is 0. The summed E-state index contributed by atoms with van der Waals surface area (Å²) in [6, 6.07) is 5.64. The average molecular weight is 448 g/mol. The number of nitrogens with zero attached hydrogens (tertiary/aromatic N) is 3. The minimum atomic E-state index is -3.49. The third kappa shape index (κ3) is 3.75. The lowest BCUT2D eigenvalue weighted by atomic mass is 9.81. The van der Waals surface area contributed by atoms with Gasteiger partial charge in [0.2, 0.25) is 16.0 Å². The van der Waals surface area contributed by atoms with Crippen molar-refractivity contribution in [3.63, 3.8) is 0 Å². The topological polar surface area (TPSA) is 111 Å². The number of sulfonamides is 1. The Balaban J connectivity index is 1.43. The van der Waals surface area contributed by atoms with E-state index >= 15 is 0 Å². The Kier molecular flexibility index (Phi) is 5.29. The molecule has 2 aromatic rings. The SMILES string of the molecule is CCN(c1nc(Nc2ccc3c(c2)S(=O)(=O)NC3)ncc1F)C1CCCC2NNCC21. The summed E-state index contributed by atoms with van der Waals surface area (Å²) < 4.78 is 41.5. The smallest absolute Gasteiger partial charge is 0.241 e. The van der Waals surface area contributed by atoms with E-state index < -0.39 is 15.8 Å². The zero-order valence-corrected chi connectivity index (χ0v) is 18.0. The highest BCUT2D eigenvalue weighted by Gasteiger charge is 2.40. The highest BCUT2D eigenvalue weighted by atomic mass is 32.2. The van der Waals surface area contributed by atoms with Gasteiger partial charge in [-0.3, -0.25) is 10.9 Å². The van der Waals surface area contributed by atoms with Gasteiger partial charge in [0.05, 0.1) is 11.1 Å². The van der Waals surface area contributed by atoms with E-state index in [1.165, 1.54) is 6.20 Å². The molecule has 31 heavy (non-hydrogen) atoms. The van der Waals surface area contributed by atoms with Crippen LogP contribution in [0.2, 0.25) is 0 Å². The number of benzene rings is 1. The molecule has 3 heterocycles. The van der Waals surface area contributed by atoms with Crippen molar-refractivity contribution in [1.29, 1.82) is 0 Å². The molecular formula is C20H26FN7O2S. The molecule has 9 nitrogen and oxygen atoms in total. The maximum absolute atomic E-state index is 14.8. The summed E-state index contributed by atoms with van der Waals surface area (Å²) in [6.07, 6.45) is 4.35. The lowest BCUT2D eigenvalue weighted by Gasteiger charge is -2.40. The summed E-state index contributed by atoms with van der Waals surface area (Å²) in [5.74, 6) is 0.421. The molecule has 11 heteroatoms. The van der Waals surface area contributed by atoms with Crippen LogP contribution in [0.5, 0.6) is 0 Å². The van der Waals surface area contributed by atoms with Crippen LogP contribution in [0.1, 0.15) is 31.7 Å². The molecule has 2 aliphatic heterocycles. The van der Waals surface area contributed by atoms with E-state index in [9.17, 15) is 12.8 Å². The van der Waals surface area contributed by atoms with Crippen LogP contribution in [0.15, 0.2) is 29.3 Å². The Hall–Kier alpha value is -2.34. The number of nitrogens with one attached hydrogen (secondary N) is 4. The van der Waals surface area contributed by atoms with Gasteiger partial charge in [-0.15, -0.1) is 0 Å². The number of hydrogen-bond donors (Lipinski definition) is 4. The predicted octanol–water partition coefficient (Wildman–Crippen LogP) is 1.62. The Morgan fingerprint density at radius 3 is 3.03 bits per heavy atom. The largest absolute Gasteiger partial charge is 0.351 e. The van der Waals surface area contributed by atoms with Gasteiger partial charge in [0.1, 0.15) is 0 Å². The van der Waals surface area contributed by atoms with Crippen LogP contribution in [0.25, 0.3) is 0 Å². The summed E-state index contributed by atoms with van der Waals surface area (Å²) in [7, 11) is -3.49. The second-order valence-electron chi connectivity index (χ2n) is 8.22. The fourth-order valence-electron chi connectivity index (χ4n) is 4.96. The monoisotopic (exact) mass is 447 g/mol.